The largest absolute Gasteiger partial charge is 0.365 e. The molecular formula is C9H10N4S. The Morgan fingerprint density at radius 2 is 2.50 bits per heavy atom. The lowest BCUT2D eigenvalue weighted by atomic mass is 10.3. The maximum Gasteiger partial charge on any atom is 0.148 e. The first kappa shape index (κ1) is 10.5. The Morgan fingerprint density at radius 3 is 3.07 bits per heavy atom. The molecule has 0 atom stereocenters. The van der Waals surface area contributed by atoms with Crippen LogP contribution in [-0.2, 0) is 0 Å². The quantitative estimate of drug-likeness (QED) is 0.461. The second-order valence-electron chi connectivity index (χ2n) is 2.39. The van der Waals surface area contributed by atoms with Crippen molar-refractivity contribution >= 4 is 17.6 Å². The van der Waals surface area contributed by atoms with Gasteiger partial charge < -0.3 is 5.32 Å². The van der Waals surface area contributed by atoms with Crippen LogP contribution in [0.25, 0.3) is 0 Å². The molecule has 0 aliphatic rings. The van der Waals surface area contributed by atoms with E-state index in [1.807, 2.05) is 6.26 Å². The Labute approximate surface area is 87.1 Å². The highest BCUT2D eigenvalue weighted by molar-refractivity contribution is 7.98. The molecule has 0 saturated carbocycles. The van der Waals surface area contributed by atoms with Crippen LogP contribution in [0.5, 0.6) is 0 Å². The fraction of sp³-hybridized carbons (Fsp3) is 0.222. The van der Waals surface area contributed by atoms with Gasteiger partial charge in [-0.25, -0.2) is 9.97 Å². The van der Waals surface area contributed by atoms with Crippen LogP contribution in [0.15, 0.2) is 24.0 Å². The second kappa shape index (κ2) is 5.25. The molecule has 0 fully saturated rings. The maximum absolute atomic E-state index is 8.92. The van der Waals surface area contributed by atoms with Crippen LogP contribution >= 0.6 is 11.8 Å². The summed E-state index contributed by atoms with van der Waals surface area (Å²) in [5.74, 6) is 0.562. The van der Waals surface area contributed by atoms with Crippen molar-refractivity contribution in [3.05, 3.63) is 24.5 Å². The van der Waals surface area contributed by atoms with Gasteiger partial charge in [0.1, 0.15) is 28.8 Å². The van der Waals surface area contributed by atoms with Crippen LogP contribution < -0.4 is 5.32 Å². The summed E-state index contributed by atoms with van der Waals surface area (Å²) in [5.41, 5.74) is 0.488. The Kier molecular flexibility index (Phi) is 3.95. The van der Waals surface area contributed by atoms with E-state index in [2.05, 4.69) is 27.9 Å². The zero-order chi connectivity index (χ0) is 10.4. The number of nitrogens with one attached hydrogen (secondary N) is 1. The summed E-state index contributed by atoms with van der Waals surface area (Å²) >= 11 is 1.43. The molecule has 0 saturated heterocycles. The van der Waals surface area contributed by atoms with Crippen molar-refractivity contribution in [2.45, 2.75) is 5.03 Å². The van der Waals surface area contributed by atoms with E-state index in [0.717, 1.165) is 0 Å². The summed E-state index contributed by atoms with van der Waals surface area (Å²) in [5, 5.41) is 12.6. The Morgan fingerprint density at radius 1 is 1.71 bits per heavy atom. The molecule has 14 heavy (non-hydrogen) atoms. The van der Waals surface area contributed by atoms with E-state index < -0.39 is 0 Å². The molecule has 1 N–H and O–H groups in total. The molecule has 1 rings (SSSR count). The number of hydrogen-bond acceptors (Lipinski definition) is 5. The first-order valence-electron chi connectivity index (χ1n) is 3.97. The van der Waals surface area contributed by atoms with Gasteiger partial charge in [0.25, 0.3) is 0 Å². The van der Waals surface area contributed by atoms with Crippen molar-refractivity contribution in [3.63, 3.8) is 0 Å². The van der Waals surface area contributed by atoms with Crippen LogP contribution in [0.4, 0.5) is 5.82 Å². The highest BCUT2D eigenvalue weighted by Gasteiger charge is 2.08. The Hall–Kier alpha value is -1.54. The molecule has 4 nitrogen and oxygen atoms in total. The predicted octanol–water partition coefficient (Wildman–Crippen LogP) is 1.67. The summed E-state index contributed by atoms with van der Waals surface area (Å²) in [6.45, 7) is 4.16. The van der Waals surface area contributed by atoms with Crippen LogP contribution in [0.3, 0.4) is 0 Å². The second-order valence-corrected chi connectivity index (χ2v) is 3.18. The molecule has 5 heteroatoms. The first-order chi connectivity index (χ1) is 6.83. The zero-order valence-electron chi connectivity index (χ0n) is 7.82. The average Bonchev–Trinajstić information content (AvgIpc) is 2.25. The lowest BCUT2D eigenvalue weighted by Crippen LogP contribution is -2.04. The monoisotopic (exact) mass is 206 g/mol. The molecule has 0 bridgehead atoms. The van der Waals surface area contributed by atoms with Gasteiger partial charge in [-0.05, 0) is 6.26 Å². The molecule has 0 radical (unpaired) electrons. The van der Waals surface area contributed by atoms with Crippen molar-refractivity contribution < 1.29 is 0 Å². The van der Waals surface area contributed by atoms with Crippen molar-refractivity contribution in [1.29, 1.82) is 5.26 Å². The molecule has 0 aliphatic heterocycles. The van der Waals surface area contributed by atoms with Gasteiger partial charge in [-0.2, -0.15) is 5.26 Å². The van der Waals surface area contributed by atoms with Crippen LogP contribution in [0.1, 0.15) is 5.56 Å². The molecule has 1 aromatic rings. The Balaban J connectivity index is 3.03. The molecule has 1 heterocycles. The third-order valence-corrected chi connectivity index (χ3v) is 2.23. The van der Waals surface area contributed by atoms with Gasteiger partial charge in [0.15, 0.2) is 0 Å². The van der Waals surface area contributed by atoms with Crippen molar-refractivity contribution in [3.8, 4) is 6.07 Å². The molecular weight excluding hydrogens is 196 g/mol. The van der Waals surface area contributed by atoms with Gasteiger partial charge in [0.2, 0.25) is 0 Å². The highest BCUT2D eigenvalue weighted by Crippen LogP contribution is 2.21. The van der Waals surface area contributed by atoms with Gasteiger partial charge in [-0.15, -0.1) is 18.3 Å². The molecule has 0 aliphatic carbocycles. The van der Waals surface area contributed by atoms with E-state index in [-0.39, 0.29) is 0 Å². The molecule has 72 valence electrons. The van der Waals surface area contributed by atoms with Gasteiger partial charge in [-0.1, -0.05) is 6.08 Å². The fourth-order valence-electron chi connectivity index (χ4n) is 0.928. The first-order valence-corrected chi connectivity index (χ1v) is 5.19. The Bertz CT molecular complexity index is 370. The van der Waals surface area contributed by atoms with E-state index >= 15 is 0 Å². The van der Waals surface area contributed by atoms with E-state index in [4.69, 9.17) is 5.26 Å². The molecule has 0 unspecified atom stereocenters. The predicted molar refractivity (Wildman–Crippen MR) is 57.2 cm³/mol. The normalized spacial score (nSPS) is 9.14. The van der Waals surface area contributed by atoms with Crippen molar-refractivity contribution in [1.82, 2.24) is 9.97 Å². The van der Waals surface area contributed by atoms with E-state index in [9.17, 15) is 0 Å². The number of aromatic nitrogens is 2. The van der Waals surface area contributed by atoms with Crippen LogP contribution in [-0.4, -0.2) is 22.8 Å². The molecule has 0 aromatic carbocycles. The number of anilines is 1. The van der Waals surface area contributed by atoms with Gasteiger partial charge in [0.05, 0.1) is 0 Å². The third kappa shape index (κ3) is 2.24. The zero-order valence-corrected chi connectivity index (χ0v) is 8.64. The smallest absolute Gasteiger partial charge is 0.148 e. The van der Waals surface area contributed by atoms with Gasteiger partial charge >= 0.3 is 0 Å². The number of nitriles is 1. The number of nitrogens with zero attached hydrogens (tertiary/aromatic N) is 3. The fourth-order valence-corrected chi connectivity index (χ4v) is 1.43. The molecule has 1 aromatic heterocycles. The van der Waals surface area contributed by atoms with Crippen LogP contribution in [0, 0.1) is 11.3 Å². The number of rotatable bonds is 4. The summed E-state index contributed by atoms with van der Waals surface area (Å²) in [4.78, 5) is 7.99. The minimum Gasteiger partial charge on any atom is -0.365 e. The van der Waals surface area contributed by atoms with E-state index in [1.165, 1.54) is 18.1 Å². The van der Waals surface area contributed by atoms with E-state index in [1.54, 1.807) is 6.08 Å². The van der Waals surface area contributed by atoms with Crippen LogP contribution in [0.2, 0.25) is 0 Å². The third-order valence-electron chi connectivity index (χ3n) is 1.53. The number of hydrogen-bond donors (Lipinski definition) is 1. The lowest BCUT2D eigenvalue weighted by molar-refractivity contribution is 1.02. The molecule has 0 amide bonds. The minimum atomic E-state index is 0.488. The topological polar surface area (TPSA) is 61.6 Å². The standard InChI is InChI=1S/C9H10N4S/c1-3-4-11-8-7(5-10)9(14-2)13-6-12-8/h3,6H,1,4H2,2H3,(H,11,12,13). The summed E-state index contributed by atoms with van der Waals surface area (Å²) in [6.07, 6.45) is 5.03. The number of thioether (sulfide) groups is 1. The van der Waals surface area contributed by atoms with Crippen molar-refractivity contribution in [2.75, 3.05) is 18.1 Å². The average molecular weight is 206 g/mol. The lowest BCUT2D eigenvalue weighted by Gasteiger charge is -2.05. The SMILES string of the molecule is C=CCNc1ncnc(SC)c1C#N. The minimum absolute atomic E-state index is 0.488. The van der Waals surface area contributed by atoms with Crippen molar-refractivity contribution in [2.24, 2.45) is 0 Å². The maximum atomic E-state index is 8.92. The summed E-state index contributed by atoms with van der Waals surface area (Å²) < 4.78 is 0. The van der Waals surface area contributed by atoms with Gasteiger partial charge in [0, 0.05) is 6.54 Å². The highest BCUT2D eigenvalue weighted by atomic mass is 32.2. The summed E-state index contributed by atoms with van der Waals surface area (Å²) in [6, 6.07) is 2.08. The summed E-state index contributed by atoms with van der Waals surface area (Å²) in [7, 11) is 0. The van der Waals surface area contributed by atoms with Gasteiger partial charge in [-0.3, -0.25) is 0 Å². The molecule has 0 spiro atoms. The van der Waals surface area contributed by atoms with E-state index in [0.29, 0.717) is 23.0 Å².